The third kappa shape index (κ3) is 3.98. The fourth-order valence-corrected chi connectivity index (χ4v) is 2.43. The minimum absolute atomic E-state index is 0.697. The molecule has 0 fully saturated rings. The molecule has 1 aromatic heterocycles. The van der Waals surface area contributed by atoms with Crippen molar-refractivity contribution >= 4 is 38.9 Å². The molecule has 0 saturated heterocycles. The lowest BCUT2D eigenvalue weighted by molar-refractivity contribution is 0.415. The van der Waals surface area contributed by atoms with Crippen LogP contribution in [0.2, 0.25) is 0 Å². The van der Waals surface area contributed by atoms with Crippen LogP contribution in [0, 0.1) is 0 Å². The molecular weight excluding hydrogens is 356 g/mol. The second kappa shape index (κ2) is 7.11. The molecule has 0 spiro atoms. The van der Waals surface area contributed by atoms with E-state index in [9.17, 15) is 0 Å². The third-order valence-electron chi connectivity index (χ3n) is 3.15. The Balaban J connectivity index is 1.78. The first-order chi connectivity index (χ1) is 11.2. The predicted molar refractivity (Wildman–Crippen MR) is 95.7 cm³/mol. The van der Waals surface area contributed by atoms with Crippen molar-refractivity contribution in [3.63, 3.8) is 0 Å². The average molecular weight is 371 g/mol. The number of hydrogen-bond acceptors (Lipinski definition) is 5. The van der Waals surface area contributed by atoms with Crippen molar-refractivity contribution < 1.29 is 4.74 Å². The number of nitrogens with one attached hydrogen (secondary N) is 2. The van der Waals surface area contributed by atoms with E-state index in [2.05, 4.69) is 36.5 Å². The van der Waals surface area contributed by atoms with E-state index in [0.717, 1.165) is 21.6 Å². The Morgan fingerprint density at radius 2 is 1.70 bits per heavy atom. The summed E-state index contributed by atoms with van der Waals surface area (Å²) in [4.78, 5) is 8.48. The smallest absolute Gasteiger partial charge is 0.135 e. The van der Waals surface area contributed by atoms with Gasteiger partial charge in [0.05, 0.1) is 12.8 Å². The van der Waals surface area contributed by atoms with Crippen molar-refractivity contribution in [1.29, 1.82) is 0 Å². The maximum atomic E-state index is 5.22. The Morgan fingerprint density at radius 1 is 0.913 bits per heavy atom. The van der Waals surface area contributed by atoms with Crippen LogP contribution in [-0.2, 0) is 0 Å². The summed E-state index contributed by atoms with van der Waals surface area (Å²) in [6.45, 7) is 0. The molecule has 0 saturated carbocycles. The van der Waals surface area contributed by atoms with Crippen LogP contribution in [0.25, 0.3) is 0 Å². The van der Waals surface area contributed by atoms with Gasteiger partial charge in [0.15, 0.2) is 0 Å². The van der Waals surface area contributed by atoms with Crippen LogP contribution in [0.3, 0.4) is 0 Å². The van der Waals surface area contributed by atoms with E-state index >= 15 is 0 Å². The molecule has 0 radical (unpaired) electrons. The molecule has 3 rings (SSSR count). The standard InChI is InChI=1S/C17H15BrN4O/c1-23-13-6-4-5-12(9-13)21-16-10-17(20-11-19-16)22-15-8-3-2-7-14(15)18/h2-11H,1H3,(H2,19,20,21,22). The van der Waals surface area contributed by atoms with Crippen LogP contribution < -0.4 is 15.4 Å². The van der Waals surface area contributed by atoms with Gasteiger partial charge in [-0.1, -0.05) is 18.2 Å². The van der Waals surface area contributed by atoms with E-state index in [-0.39, 0.29) is 0 Å². The first kappa shape index (κ1) is 15.3. The number of aromatic nitrogens is 2. The van der Waals surface area contributed by atoms with Crippen molar-refractivity contribution in [2.24, 2.45) is 0 Å². The SMILES string of the molecule is COc1cccc(Nc2cc(Nc3ccccc3Br)ncn2)c1. The van der Waals surface area contributed by atoms with E-state index in [1.807, 2.05) is 54.6 Å². The van der Waals surface area contributed by atoms with Gasteiger partial charge in [-0.3, -0.25) is 0 Å². The summed E-state index contributed by atoms with van der Waals surface area (Å²) < 4.78 is 6.19. The minimum Gasteiger partial charge on any atom is -0.497 e. The van der Waals surface area contributed by atoms with Gasteiger partial charge in [0.25, 0.3) is 0 Å². The predicted octanol–water partition coefficient (Wildman–Crippen LogP) is 4.73. The Morgan fingerprint density at radius 3 is 2.48 bits per heavy atom. The first-order valence-electron chi connectivity index (χ1n) is 6.99. The monoisotopic (exact) mass is 370 g/mol. The van der Waals surface area contributed by atoms with Gasteiger partial charge in [-0.05, 0) is 40.2 Å². The van der Waals surface area contributed by atoms with Crippen molar-refractivity contribution in [2.75, 3.05) is 17.7 Å². The number of halogens is 1. The molecule has 1 heterocycles. The summed E-state index contributed by atoms with van der Waals surface area (Å²) >= 11 is 3.51. The van der Waals surface area contributed by atoms with Crippen LogP contribution >= 0.6 is 15.9 Å². The summed E-state index contributed by atoms with van der Waals surface area (Å²) in [5.74, 6) is 2.19. The quantitative estimate of drug-likeness (QED) is 0.679. The van der Waals surface area contributed by atoms with Crippen LogP contribution in [0.5, 0.6) is 5.75 Å². The number of benzene rings is 2. The molecule has 3 aromatic rings. The van der Waals surface area contributed by atoms with E-state index < -0.39 is 0 Å². The van der Waals surface area contributed by atoms with Crippen LogP contribution in [-0.4, -0.2) is 17.1 Å². The van der Waals surface area contributed by atoms with Gasteiger partial charge >= 0.3 is 0 Å². The summed E-state index contributed by atoms with van der Waals surface area (Å²) in [5, 5.41) is 6.49. The number of hydrogen-bond donors (Lipinski definition) is 2. The van der Waals surface area contributed by atoms with Crippen molar-refractivity contribution in [1.82, 2.24) is 9.97 Å². The second-order valence-electron chi connectivity index (χ2n) is 4.75. The van der Waals surface area contributed by atoms with Gasteiger partial charge in [0.2, 0.25) is 0 Å². The second-order valence-corrected chi connectivity index (χ2v) is 5.60. The Hall–Kier alpha value is -2.60. The number of nitrogens with zero attached hydrogens (tertiary/aromatic N) is 2. The maximum Gasteiger partial charge on any atom is 0.135 e. The van der Waals surface area contributed by atoms with Crippen molar-refractivity contribution in [3.8, 4) is 5.75 Å². The van der Waals surface area contributed by atoms with Gasteiger partial charge in [0, 0.05) is 22.3 Å². The minimum atomic E-state index is 0.697. The first-order valence-corrected chi connectivity index (χ1v) is 7.78. The maximum absolute atomic E-state index is 5.22. The number of ether oxygens (including phenoxy) is 1. The number of para-hydroxylation sites is 1. The zero-order valence-electron chi connectivity index (χ0n) is 12.5. The normalized spacial score (nSPS) is 10.2. The zero-order valence-corrected chi connectivity index (χ0v) is 14.0. The largest absolute Gasteiger partial charge is 0.497 e. The Bertz CT molecular complexity index is 810. The molecule has 6 heteroatoms. The highest BCUT2D eigenvalue weighted by Gasteiger charge is 2.03. The topological polar surface area (TPSA) is 59.1 Å². The molecule has 2 aromatic carbocycles. The summed E-state index contributed by atoms with van der Waals surface area (Å²) in [6.07, 6.45) is 1.52. The summed E-state index contributed by atoms with van der Waals surface area (Å²) in [5.41, 5.74) is 1.84. The van der Waals surface area contributed by atoms with E-state index in [0.29, 0.717) is 11.6 Å². The molecule has 0 unspecified atom stereocenters. The van der Waals surface area contributed by atoms with Gasteiger partial charge in [-0.25, -0.2) is 9.97 Å². The molecule has 23 heavy (non-hydrogen) atoms. The van der Waals surface area contributed by atoms with Crippen molar-refractivity contribution in [2.45, 2.75) is 0 Å². The molecule has 0 aliphatic heterocycles. The highest BCUT2D eigenvalue weighted by Crippen LogP contribution is 2.26. The lowest BCUT2D eigenvalue weighted by Crippen LogP contribution is -1.99. The van der Waals surface area contributed by atoms with Crippen molar-refractivity contribution in [3.05, 3.63) is 65.4 Å². The highest BCUT2D eigenvalue weighted by molar-refractivity contribution is 9.10. The molecule has 0 bridgehead atoms. The van der Waals surface area contributed by atoms with E-state index in [4.69, 9.17) is 4.74 Å². The molecule has 0 atom stereocenters. The van der Waals surface area contributed by atoms with Crippen LogP contribution in [0.1, 0.15) is 0 Å². The Kier molecular flexibility index (Phi) is 4.73. The molecular formula is C17H15BrN4O. The average Bonchev–Trinajstić information content (AvgIpc) is 2.57. The molecule has 5 nitrogen and oxygen atoms in total. The molecule has 0 amide bonds. The summed E-state index contributed by atoms with van der Waals surface area (Å²) in [6, 6.07) is 17.4. The van der Waals surface area contributed by atoms with E-state index in [1.54, 1.807) is 7.11 Å². The number of rotatable bonds is 5. The molecule has 116 valence electrons. The molecule has 0 aliphatic carbocycles. The zero-order chi connectivity index (χ0) is 16.1. The Labute approximate surface area is 142 Å². The summed E-state index contributed by atoms with van der Waals surface area (Å²) in [7, 11) is 1.64. The van der Waals surface area contributed by atoms with Crippen LogP contribution in [0.15, 0.2) is 65.4 Å². The van der Waals surface area contributed by atoms with Gasteiger partial charge in [-0.15, -0.1) is 0 Å². The van der Waals surface area contributed by atoms with Gasteiger partial charge in [-0.2, -0.15) is 0 Å². The van der Waals surface area contributed by atoms with Gasteiger partial charge in [0.1, 0.15) is 23.7 Å². The van der Waals surface area contributed by atoms with E-state index in [1.165, 1.54) is 6.33 Å². The molecule has 0 aliphatic rings. The third-order valence-corrected chi connectivity index (χ3v) is 3.84. The van der Waals surface area contributed by atoms with Crippen LogP contribution in [0.4, 0.5) is 23.0 Å². The molecule has 2 N–H and O–H groups in total. The fourth-order valence-electron chi connectivity index (χ4n) is 2.04. The number of methoxy groups -OCH3 is 1. The highest BCUT2D eigenvalue weighted by atomic mass is 79.9. The number of anilines is 4. The lowest BCUT2D eigenvalue weighted by Gasteiger charge is -2.10. The lowest BCUT2D eigenvalue weighted by atomic mass is 10.3. The van der Waals surface area contributed by atoms with Gasteiger partial charge < -0.3 is 15.4 Å². The fraction of sp³-hybridized carbons (Fsp3) is 0.0588.